The topological polar surface area (TPSA) is 39.7 Å². The van der Waals surface area contributed by atoms with Crippen LogP contribution in [0.1, 0.15) is 17.5 Å². The number of thiocarbonyl (C=S) groups is 1. The number of hydrogen-bond acceptors (Lipinski definition) is 4. The number of terminal acetylenes is 2. The van der Waals surface area contributed by atoms with Gasteiger partial charge in [0.15, 0.2) is 11.5 Å². The molecule has 1 N–H and O–H groups in total. The fourth-order valence-corrected chi connectivity index (χ4v) is 2.66. The van der Waals surface area contributed by atoms with Crippen molar-refractivity contribution < 1.29 is 14.2 Å². The normalized spacial score (nSPS) is 9.68. The summed E-state index contributed by atoms with van der Waals surface area (Å²) < 4.78 is 16.2. The van der Waals surface area contributed by atoms with E-state index >= 15 is 0 Å². The second-order valence-electron chi connectivity index (χ2n) is 5.89. The van der Waals surface area contributed by atoms with E-state index in [0.717, 1.165) is 34.7 Å². The van der Waals surface area contributed by atoms with Crippen molar-refractivity contribution in [3.63, 3.8) is 0 Å². The SMILES string of the molecule is C#CCOc1ccc(CNC(=S)CCc2ccc(OCC#C)c(OC)c2)cc1. The van der Waals surface area contributed by atoms with Crippen molar-refractivity contribution in [1.29, 1.82) is 0 Å². The molecule has 0 bridgehead atoms. The van der Waals surface area contributed by atoms with E-state index in [1.165, 1.54) is 0 Å². The zero-order valence-corrected chi connectivity index (χ0v) is 16.7. The second kappa shape index (κ2) is 11.5. The zero-order valence-electron chi connectivity index (χ0n) is 15.9. The Morgan fingerprint density at radius 1 is 0.964 bits per heavy atom. The molecule has 0 unspecified atom stereocenters. The van der Waals surface area contributed by atoms with Gasteiger partial charge in [-0.15, -0.1) is 12.8 Å². The summed E-state index contributed by atoms with van der Waals surface area (Å²) in [4.78, 5) is 0.805. The van der Waals surface area contributed by atoms with Crippen LogP contribution in [0.15, 0.2) is 42.5 Å². The molecule has 144 valence electrons. The lowest BCUT2D eigenvalue weighted by Crippen LogP contribution is -2.21. The molecule has 2 aromatic rings. The standard InChI is InChI=1S/C23H23NO3S/c1-4-14-26-20-10-6-19(7-11-20)17-24-23(28)13-9-18-8-12-21(27-15-5-2)22(16-18)25-3/h1-2,6-8,10-12,16H,9,13-15,17H2,3H3,(H,24,28). The van der Waals surface area contributed by atoms with E-state index in [1.54, 1.807) is 7.11 Å². The highest BCUT2D eigenvalue weighted by atomic mass is 32.1. The fraction of sp³-hybridized carbons (Fsp3) is 0.261. The average molecular weight is 394 g/mol. The minimum atomic E-state index is 0.209. The number of aryl methyl sites for hydroxylation is 1. The fourth-order valence-electron chi connectivity index (χ4n) is 2.48. The van der Waals surface area contributed by atoms with Gasteiger partial charge in [-0.05, 0) is 41.8 Å². The molecule has 0 fully saturated rings. The maximum Gasteiger partial charge on any atom is 0.162 e. The lowest BCUT2D eigenvalue weighted by atomic mass is 10.1. The maximum atomic E-state index is 5.46. The molecule has 4 nitrogen and oxygen atoms in total. The van der Waals surface area contributed by atoms with Crippen LogP contribution in [-0.2, 0) is 13.0 Å². The van der Waals surface area contributed by atoms with Crippen molar-refractivity contribution in [2.75, 3.05) is 20.3 Å². The van der Waals surface area contributed by atoms with Crippen LogP contribution in [0.25, 0.3) is 0 Å². The summed E-state index contributed by atoms with van der Waals surface area (Å²) in [5.74, 6) is 6.95. The second-order valence-corrected chi connectivity index (χ2v) is 6.38. The zero-order chi connectivity index (χ0) is 20.2. The Hall–Kier alpha value is -3.15. The maximum absolute atomic E-state index is 5.46. The predicted octanol–water partition coefficient (Wildman–Crippen LogP) is 3.77. The number of methoxy groups -OCH3 is 1. The number of benzene rings is 2. The van der Waals surface area contributed by atoms with Crippen molar-refractivity contribution in [2.24, 2.45) is 0 Å². The Balaban J connectivity index is 1.80. The van der Waals surface area contributed by atoms with Crippen LogP contribution in [0.4, 0.5) is 0 Å². The molecule has 0 radical (unpaired) electrons. The van der Waals surface area contributed by atoms with Crippen LogP contribution in [-0.4, -0.2) is 25.3 Å². The van der Waals surface area contributed by atoms with Crippen molar-refractivity contribution in [1.82, 2.24) is 5.32 Å². The summed E-state index contributed by atoms with van der Waals surface area (Å²) in [7, 11) is 1.61. The molecular formula is C23H23NO3S. The molecule has 0 heterocycles. The van der Waals surface area contributed by atoms with Gasteiger partial charge in [0.05, 0.1) is 12.1 Å². The van der Waals surface area contributed by atoms with E-state index in [1.807, 2.05) is 42.5 Å². The van der Waals surface area contributed by atoms with Gasteiger partial charge in [-0.25, -0.2) is 0 Å². The van der Waals surface area contributed by atoms with Gasteiger partial charge in [0.2, 0.25) is 0 Å². The monoisotopic (exact) mass is 393 g/mol. The predicted molar refractivity (Wildman–Crippen MR) is 116 cm³/mol. The van der Waals surface area contributed by atoms with Crippen LogP contribution in [0, 0.1) is 24.7 Å². The molecule has 2 rings (SSSR count). The molecule has 0 atom stereocenters. The molecule has 0 saturated heterocycles. The largest absolute Gasteiger partial charge is 0.493 e. The van der Waals surface area contributed by atoms with Crippen molar-refractivity contribution >= 4 is 17.2 Å². The van der Waals surface area contributed by atoms with Gasteiger partial charge in [-0.1, -0.05) is 42.3 Å². The summed E-state index contributed by atoms with van der Waals surface area (Å²) in [6, 6.07) is 13.6. The van der Waals surface area contributed by atoms with E-state index in [2.05, 4.69) is 17.2 Å². The molecule has 2 aromatic carbocycles. The quantitative estimate of drug-likeness (QED) is 0.492. The van der Waals surface area contributed by atoms with Crippen molar-refractivity contribution in [3.05, 3.63) is 53.6 Å². The van der Waals surface area contributed by atoms with Crippen molar-refractivity contribution in [2.45, 2.75) is 19.4 Å². The molecule has 0 aliphatic rings. The summed E-state index contributed by atoms with van der Waals surface area (Å²) in [6.07, 6.45) is 12.0. The van der Waals surface area contributed by atoms with Gasteiger partial charge in [0, 0.05) is 13.0 Å². The van der Waals surface area contributed by atoms with E-state index in [-0.39, 0.29) is 13.2 Å². The van der Waals surface area contributed by atoms with E-state index in [9.17, 15) is 0 Å². The Morgan fingerprint density at radius 2 is 1.64 bits per heavy atom. The summed E-state index contributed by atoms with van der Waals surface area (Å²) in [5, 5.41) is 3.28. The molecule has 0 aliphatic heterocycles. The lowest BCUT2D eigenvalue weighted by molar-refractivity contribution is 0.330. The van der Waals surface area contributed by atoms with Gasteiger partial charge in [0.25, 0.3) is 0 Å². The molecule has 0 amide bonds. The van der Waals surface area contributed by atoms with Crippen LogP contribution in [0.2, 0.25) is 0 Å². The number of nitrogens with one attached hydrogen (secondary N) is 1. The third-order valence-corrected chi connectivity index (χ3v) is 4.26. The summed E-state index contributed by atoms with van der Waals surface area (Å²) >= 11 is 5.44. The molecule has 0 aromatic heterocycles. The van der Waals surface area contributed by atoms with Crippen LogP contribution in [0.3, 0.4) is 0 Å². The Kier molecular flexibility index (Phi) is 8.72. The molecule has 0 aliphatic carbocycles. The van der Waals surface area contributed by atoms with Gasteiger partial charge in [0.1, 0.15) is 19.0 Å². The third-order valence-electron chi connectivity index (χ3n) is 3.91. The Labute approximate surface area is 172 Å². The van der Waals surface area contributed by atoms with E-state index < -0.39 is 0 Å². The Bertz CT molecular complexity index is 863. The van der Waals surface area contributed by atoms with Gasteiger partial charge < -0.3 is 19.5 Å². The first-order valence-electron chi connectivity index (χ1n) is 8.81. The van der Waals surface area contributed by atoms with Gasteiger partial charge in [-0.2, -0.15) is 0 Å². The highest BCUT2D eigenvalue weighted by Gasteiger charge is 2.06. The molecule has 0 saturated carbocycles. The number of rotatable bonds is 10. The summed E-state index contributed by atoms with van der Waals surface area (Å²) in [5.41, 5.74) is 2.23. The lowest BCUT2D eigenvalue weighted by Gasteiger charge is -2.12. The van der Waals surface area contributed by atoms with Crippen LogP contribution >= 0.6 is 12.2 Å². The van der Waals surface area contributed by atoms with Crippen LogP contribution < -0.4 is 19.5 Å². The first kappa shape index (κ1) is 21.2. The Morgan fingerprint density at radius 3 is 2.32 bits per heavy atom. The third kappa shape index (κ3) is 6.87. The van der Waals surface area contributed by atoms with Crippen molar-refractivity contribution in [3.8, 4) is 41.9 Å². The van der Waals surface area contributed by atoms with Crippen LogP contribution in [0.5, 0.6) is 17.2 Å². The smallest absolute Gasteiger partial charge is 0.162 e. The highest BCUT2D eigenvalue weighted by molar-refractivity contribution is 7.80. The first-order chi connectivity index (χ1) is 13.7. The van der Waals surface area contributed by atoms with Gasteiger partial charge >= 0.3 is 0 Å². The molecule has 5 heteroatoms. The highest BCUT2D eigenvalue weighted by Crippen LogP contribution is 2.28. The summed E-state index contributed by atoms with van der Waals surface area (Å²) in [6.45, 7) is 1.14. The van der Waals surface area contributed by atoms with E-state index in [0.29, 0.717) is 18.0 Å². The average Bonchev–Trinajstić information content (AvgIpc) is 2.74. The number of ether oxygens (including phenoxy) is 3. The first-order valence-corrected chi connectivity index (χ1v) is 9.22. The number of hydrogen-bond donors (Lipinski definition) is 1. The minimum Gasteiger partial charge on any atom is -0.493 e. The van der Waals surface area contributed by atoms with E-state index in [4.69, 9.17) is 39.3 Å². The minimum absolute atomic E-state index is 0.209. The molecule has 28 heavy (non-hydrogen) atoms. The molecule has 0 spiro atoms. The molecular weight excluding hydrogens is 370 g/mol. The van der Waals surface area contributed by atoms with Gasteiger partial charge in [-0.3, -0.25) is 0 Å².